The van der Waals surface area contributed by atoms with Gasteiger partial charge in [0.15, 0.2) is 11.5 Å². The summed E-state index contributed by atoms with van der Waals surface area (Å²) in [5.41, 5.74) is 3.19. The molecule has 0 aliphatic heterocycles. The molecule has 0 unspecified atom stereocenters. The first-order valence-corrected chi connectivity index (χ1v) is 10.4. The summed E-state index contributed by atoms with van der Waals surface area (Å²) in [5, 5.41) is 6.05. The second kappa shape index (κ2) is 11.9. The van der Waals surface area contributed by atoms with Gasteiger partial charge in [0.2, 0.25) is 0 Å². The third-order valence-electron chi connectivity index (χ3n) is 4.48. The molecule has 3 rings (SSSR count). The van der Waals surface area contributed by atoms with Crippen LogP contribution in [0.15, 0.2) is 71.8 Å². The molecule has 2 N–H and O–H groups in total. The number of anilines is 1. The molecule has 0 atom stereocenters. The SMILES string of the molecule is CCOc1ccc(C(=O)Oc2ccc(/C=N/NC(=O)C(=O)Nc3ccc(F)cc3)cc2OC)cc1. The second-order valence-corrected chi connectivity index (χ2v) is 6.92. The lowest BCUT2D eigenvalue weighted by atomic mass is 10.2. The summed E-state index contributed by atoms with van der Waals surface area (Å²) < 4.78 is 29.0. The van der Waals surface area contributed by atoms with Gasteiger partial charge >= 0.3 is 17.8 Å². The van der Waals surface area contributed by atoms with E-state index < -0.39 is 23.6 Å². The zero-order valence-electron chi connectivity index (χ0n) is 18.9. The average molecular weight is 479 g/mol. The number of esters is 1. The van der Waals surface area contributed by atoms with E-state index >= 15 is 0 Å². The van der Waals surface area contributed by atoms with Crippen LogP contribution in [0.2, 0.25) is 0 Å². The van der Waals surface area contributed by atoms with Gasteiger partial charge in [-0.15, -0.1) is 0 Å². The molecule has 0 bridgehead atoms. The van der Waals surface area contributed by atoms with Crippen LogP contribution >= 0.6 is 0 Å². The molecular formula is C25H22FN3O6. The molecule has 0 saturated carbocycles. The van der Waals surface area contributed by atoms with Gasteiger partial charge in [-0.3, -0.25) is 9.59 Å². The number of halogens is 1. The van der Waals surface area contributed by atoms with E-state index in [0.29, 0.717) is 23.5 Å². The minimum Gasteiger partial charge on any atom is -0.494 e. The number of hydrogen-bond acceptors (Lipinski definition) is 7. The molecule has 3 aromatic rings. The van der Waals surface area contributed by atoms with Crippen molar-refractivity contribution in [3.63, 3.8) is 0 Å². The van der Waals surface area contributed by atoms with Crippen LogP contribution in [-0.4, -0.2) is 37.7 Å². The molecule has 180 valence electrons. The van der Waals surface area contributed by atoms with Gasteiger partial charge in [0.1, 0.15) is 11.6 Å². The predicted octanol–water partition coefficient (Wildman–Crippen LogP) is 3.54. The summed E-state index contributed by atoms with van der Waals surface area (Å²) >= 11 is 0. The molecule has 0 aromatic heterocycles. The van der Waals surface area contributed by atoms with E-state index in [9.17, 15) is 18.8 Å². The maximum Gasteiger partial charge on any atom is 0.343 e. The van der Waals surface area contributed by atoms with Crippen molar-refractivity contribution in [3.8, 4) is 17.2 Å². The monoisotopic (exact) mass is 479 g/mol. The van der Waals surface area contributed by atoms with Crippen molar-refractivity contribution >= 4 is 29.7 Å². The van der Waals surface area contributed by atoms with Crippen molar-refractivity contribution < 1.29 is 33.0 Å². The molecule has 9 nitrogen and oxygen atoms in total. The van der Waals surface area contributed by atoms with Crippen LogP contribution in [-0.2, 0) is 9.59 Å². The Labute approximate surface area is 200 Å². The van der Waals surface area contributed by atoms with Gasteiger partial charge in [-0.1, -0.05) is 0 Å². The summed E-state index contributed by atoms with van der Waals surface area (Å²) in [4.78, 5) is 36.2. The normalized spacial score (nSPS) is 10.5. The van der Waals surface area contributed by atoms with Crippen molar-refractivity contribution in [2.45, 2.75) is 6.92 Å². The fraction of sp³-hybridized carbons (Fsp3) is 0.120. The lowest BCUT2D eigenvalue weighted by molar-refractivity contribution is -0.136. The first kappa shape index (κ1) is 24.9. The number of carbonyl (C=O) groups is 3. The fourth-order valence-electron chi connectivity index (χ4n) is 2.80. The van der Waals surface area contributed by atoms with Crippen LogP contribution < -0.4 is 25.0 Å². The van der Waals surface area contributed by atoms with E-state index in [0.717, 1.165) is 12.1 Å². The van der Waals surface area contributed by atoms with Gasteiger partial charge in [0, 0.05) is 5.69 Å². The predicted molar refractivity (Wildman–Crippen MR) is 126 cm³/mol. The highest BCUT2D eigenvalue weighted by atomic mass is 19.1. The number of benzene rings is 3. The van der Waals surface area contributed by atoms with E-state index in [1.807, 2.05) is 6.92 Å². The summed E-state index contributed by atoms with van der Waals surface area (Å²) in [5.74, 6) is -1.94. The standard InChI is InChI=1S/C25H22FN3O6/c1-3-34-20-11-5-17(6-12-20)25(32)35-21-13-4-16(14-22(21)33-2)15-27-29-24(31)23(30)28-19-9-7-18(26)8-10-19/h4-15H,3H2,1-2H3,(H,28,30)(H,29,31)/b27-15+. The van der Waals surface area contributed by atoms with Gasteiger partial charge in [-0.2, -0.15) is 5.10 Å². The number of amides is 2. The minimum atomic E-state index is -1.02. The molecule has 0 radical (unpaired) electrons. The third-order valence-corrected chi connectivity index (χ3v) is 4.48. The maximum absolute atomic E-state index is 12.9. The zero-order chi connectivity index (χ0) is 25.2. The molecule has 10 heteroatoms. The van der Waals surface area contributed by atoms with Gasteiger partial charge in [0.25, 0.3) is 0 Å². The van der Waals surface area contributed by atoms with Crippen LogP contribution in [0.1, 0.15) is 22.8 Å². The molecule has 0 aliphatic rings. The number of nitrogens with zero attached hydrogens (tertiary/aromatic N) is 1. The summed E-state index contributed by atoms with van der Waals surface area (Å²) in [6.07, 6.45) is 1.28. The highest BCUT2D eigenvalue weighted by Gasteiger charge is 2.14. The van der Waals surface area contributed by atoms with Gasteiger partial charge in [-0.25, -0.2) is 14.6 Å². The summed E-state index contributed by atoms with van der Waals surface area (Å²) in [7, 11) is 1.41. The van der Waals surface area contributed by atoms with Gasteiger partial charge in [0.05, 0.1) is 25.5 Å². The highest BCUT2D eigenvalue weighted by molar-refractivity contribution is 6.39. The molecular weight excluding hydrogens is 457 g/mol. The third kappa shape index (κ3) is 7.13. The van der Waals surface area contributed by atoms with Crippen molar-refractivity contribution in [2.75, 3.05) is 19.0 Å². The average Bonchev–Trinajstić information content (AvgIpc) is 2.86. The van der Waals surface area contributed by atoms with E-state index in [2.05, 4.69) is 15.8 Å². The zero-order valence-corrected chi connectivity index (χ0v) is 18.9. The van der Waals surface area contributed by atoms with Gasteiger partial charge in [-0.05, 0) is 79.2 Å². The van der Waals surface area contributed by atoms with E-state index in [1.165, 1.54) is 37.6 Å². The Morgan fingerprint density at radius 1 is 0.943 bits per heavy atom. The number of ether oxygens (including phenoxy) is 3. The minimum absolute atomic E-state index is 0.186. The van der Waals surface area contributed by atoms with Crippen molar-refractivity contribution in [1.82, 2.24) is 5.43 Å². The van der Waals surface area contributed by atoms with Gasteiger partial charge < -0.3 is 19.5 Å². The fourth-order valence-corrected chi connectivity index (χ4v) is 2.80. The van der Waals surface area contributed by atoms with Crippen LogP contribution in [0.25, 0.3) is 0 Å². The van der Waals surface area contributed by atoms with Crippen LogP contribution in [0, 0.1) is 5.82 Å². The van der Waals surface area contributed by atoms with E-state index in [-0.39, 0.29) is 17.2 Å². The molecule has 0 heterocycles. The van der Waals surface area contributed by atoms with Crippen LogP contribution in [0.4, 0.5) is 10.1 Å². The van der Waals surface area contributed by atoms with Crippen LogP contribution in [0.3, 0.4) is 0 Å². The summed E-state index contributed by atoms with van der Waals surface area (Å²) in [6, 6.07) is 16.1. The van der Waals surface area contributed by atoms with Crippen LogP contribution in [0.5, 0.6) is 17.2 Å². The lowest BCUT2D eigenvalue weighted by Gasteiger charge is -2.10. The summed E-state index contributed by atoms with van der Waals surface area (Å²) in [6.45, 7) is 2.38. The molecule has 0 spiro atoms. The molecule has 0 fully saturated rings. The Morgan fingerprint density at radius 3 is 2.31 bits per heavy atom. The molecule has 2 amide bonds. The Bertz CT molecular complexity index is 1230. The Morgan fingerprint density at radius 2 is 1.66 bits per heavy atom. The first-order chi connectivity index (χ1) is 16.9. The van der Waals surface area contributed by atoms with Crippen molar-refractivity contribution in [2.24, 2.45) is 5.10 Å². The first-order valence-electron chi connectivity index (χ1n) is 10.4. The maximum atomic E-state index is 12.9. The Kier molecular flexibility index (Phi) is 8.49. The molecule has 0 saturated heterocycles. The van der Waals surface area contributed by atoms with E-state index in [4.69, 9.17) is 14.2 Å². The second-order valence-electron chi connectivity index (χ2n) is 6.92. The molecule has 3 aromatic carbocycles. The Hall–Kier alpha value is -4.73. The number of rotatable bonds is 8. The highest BCUT2D eigenvalue weighted by Crippen LogP contribution is 2.28. The number of nitrogens with one attached hydrogen (secondary N) is 2. The number of hydrogen-bond donors (Lipinski definition) is 2. The Balaban J connectivity index is 1.58. The lowest BCUT2D eigenvalue weighted by Crippen LogP contribution is -2.32. The molecule has 35 heavy (non-hydrogen) atoms. The largest absolute Gasteiger partial charge is 0.494 e. The van der Waals surface area contributed by atoms with Crippen molar-refractivity contribution in [3.05, 3.63) is 83.7 Å². The topological polar surface area (TPSA) is 115 Å². The number of methoxy groups -OCH3 is 1. The van der Waals surface area contributed by atoms with Crippen molar-refractivity contribution in [1.29, 1.82) is 0 Å². The quantitative estimate of drug-likeness (QED) is 0.168. The molecule has 0 aliphatic carbocycles. The number of hydrazone groups is 1. The number of carbonyl (C=O) groups excluding carboxylic acids is 3. The smallest absolute Gasteiger partial charge is 0.343 e. The van der Waals surface area contributed by atoms with E-state index in [1.54, 1.807) is 30.3 Å².